The molecule has 0 bridgehead atoms. The van der Waals surface area contributed by atoms with Crippen molar-refractivity contribution in [3.63, 3.8) is 0 Å². The quantitative estimate of drug-likeness (QED) is 0.734. The summed E-state index contributed by atoms with van der Waals surface area (Å²) in [7, 11) is 0. The van der Waals surface area contributed by atoms with E-state index in [2.05, 4.69) is 15.9 Å². The average Bonchev–Trinajstić information content (AvgIpc) is 1.81. The predicted molar refractivity (Wildman–Crippen MR) is 55.5 cm³/mol. The number of hydrogen-bond acceptors (Lipinski definition) is 1. The molecule has 0 spiro atoms. The molecule has 1 atom stereocenters. The van der Waals surface area contributed by atoms with Gasteiger partial charge in [-0.2, -0.15) is 0 Å². The lowest BCUT2D eigenvalue weighted by molar-refractivity contribution is 0.314. The fourth-order valence-electron chi connectivity index (χ4n) is 0.784. The van der Waals surface area contributed by atoms with Crippen LogP contribution >= 0.6 is 39.1 Å². The third kappa shape index (κ3) is 3.21. The Labute approximate surface area is 89.7 Å². The average molecular weight is 270 g/mol. The zero-order valence-corrected chi connectivity index (χ0v) is 9.45. The van der Waals surface area contributed by atoms with Crippen molar-refractivity contribution in [1.82, 2.24) is 0 Å². The molecule has 0 N–H and O–H groups in total. The van der Waals surface area contributed by atoms with E-state index in [0.29, 0.717) is 15.8 Å². The van der Waals surface area contributed by atoms with Crippen LogP contribution in [-0.4, -0.2) is 5.01 Å². The van der Waals surface area contributed by atoms with Gasteiger partial charge in [0, 0.05) is 10.0 Å². The Morgan fingerprint density at radius 3 is 2.17 bits per heavy atom. The molecular weight excluding hydrogens is 263 g/mol. The van der Waals surface area contributed by atoms with Crippen LogP contribution in [0.5, 0.6) is 5.75 Å². The smallest absolute Gasteiger partial charge is 0.150 e. The lowest BCUT2D eigenvalue weighted by atomic mass is 10.3. The SMILES string of the molecule is CC(Br)Oc1cc(Cl)cc(Cl)c1. The highest BCUT2D eigenvalue weighted by Crippen LogP contribution is 2.25. The molecule has 0 aromatic heterocycles. The van der Waals surface area contributed by atoms with Crippen molar-refractivity contribution in [3.8, 4) is 5.75 Å². The molecule has 1 unspecified atom stereocenters. The first-order valence-electron chi connectivity index (χ1n) is 3.35. The molecule has 0 saturated carbocycles. The van der Waals surface area contributed by atoms with Crippen LogP contribution in [0.4, 0.5) is 0 Å². The molecule has 0 fully saturated rings. The minimum absolute atomic E-state index is 0.0490. The van der Waals surface area contributed by atoms with Crippen molar-refractivity contribution in [1.29, 1.82) is 0 Å². The van der Waals surface area contributed by atoms with E-state index < -0.39 is 0 Å². The van der Waals surface area contributed by atoms with Crippen molar-refractivity contribution in [2.75, 3.05) is 0 Å². The summed E-state index contributed by atoms with van der Waals surface area (Å²) < 4.78 is 5.32. The molecule has 0 radical (unpaired) electrons. The van der Waals surface area contributed by atoms with Crippen LogP contribution < -0.4 is 4.74 Å². The monoisotopic (exact) mass is 268 g/mol. The Balaban J connectivity index is 2.85. The second-order valence-corrected chi connectivity index (χ2v) is 4.43. The van der Waals surface area contributed by atoms with E-state index in [9.17, 15) is 0 Å². The van der Waals surface area contributed by atoms with Crippen molar-refractivity contribution >= 4 is 39.1 Å². The highest BCUT2D eigenvalue weighted by Gasteiger charge is 2.01. The zero-order chi connectivity index (χ0) is 9.14. The topological polar surface area (TPSA) is 9.23 Å². The molecule has 1 aromatic rings. The summed E-state index contributed by atoms with van der Waals surface area (Å²) in [6.45, 7) is 1.87. The van der Waals surface area contributed by atoms with Crippen LogP contribution in [-0.2, 0) is 0 Å². The van der Waals surface area contributed by atoms with Crippen molar-refractivity contribution in [3.05, 3.63) is 28.2 Å². The van der Waals surface area contributed by atoms with Crippen LogP contribution in [0.15, 0.2) is 18.2 Å². The number of ether oxygens (including phenoxy) is 1. The first-order valence-corrected chi connectivity index (χ1v) is 5.02. The van der Waals surface area contributed by atoms with E-state index in [4.69, 9.17) is 27.9 Å². The van der Waals surface area contributed by atoms with E-state index in [1.165, 1.54) is 0 Å². The number of alkyl halides is 1. The molecule has 0 heterocycles. The van der Waals surface area contributed by atoms with Crippen molar-refractivity contribution in [2.24, 2.45) is 0 Å². The molecule has 1 rings (SSSR count). The zero-order valence-electron chi connectivity index (χ0n) is 6.35. The third-order valence-corrected chi connectivity index (χ3v) is 1.76. The Kier molecular flexibility index (Phi) is 3.69. The lowest BCUT2D eigenvalue weighted by Gasteiger charge is -2.08. The molecule has 66 valence electrons. The van der Waals surface area contributed by atoms with Gasteiger partial charge in [0.05, 0.1) is 0 Å². The van der Waals surface area contributed by atoms with Crippen LogP contribution in [0.1, 0.15) is 6.92 Å². The first kappa shape index (κ1) is 10.2. The molecular formula is C8H7BrCl2O. The summed E-state index contributed by atoms with van der Waals surface area (Å²) in [6, 6.07) is 5.09. The van der Waals surface area contributed by atoms with Gasteiger partial charge in [0.1, 0.15) is 5.75 Å². The Bertz CT molecular complexity index is 256. The normalized spacial score (nSPS) is 12.7. The number of benzene rings is 1. The summed E-state index contributed by atoms with van der Waals surface area (Å²) in [5.74, 6) is 0.664. The molecule has 12 heavy (non-hydrogen) atoms. The summed E-state index contributed by atoms with van der Waals surface area (Å²) in [5.41, 5.74) is 0. The van der Waals surface area contributed by atoms with Crippen LogP contribution in [0.2, 0.25) is 10.0 Å². The fourth-order valence-corrected chi connectivity index (χ4v) is 1.51. The summed E-state index contributed by atoms with van der Waals surface area (Å²) in [5, 5.41) is 1.10. The van der Waals surface area contributed by atoms with E-state index in [-0.39, 0.29) is 5.01 Å². The summed E-state index contributed by atoms with van der Waals surface area (Å²) in [4.78, 5) is 0. The van der Waals surface area contributed by atoms with Gasteiger partial charge in [-0.15, -0.1) is 0 Å². The Morgan fingerprint density at radius 2 is 1.75 bits per heavy atom. The molecule has 1 aromatic carbocycles. The van der Waals surface area contributed by atoms with Crippen LogP contribution in [0.25, 0.3) is 0 Å². The molecule has 1 nitrogen and oxygen atoms in total. The number of hydrogen-bond donors (Lipinski definition) is 0. The van der Waals surface area contributed by atoms with Gasteiger partial charge in [-0.25, -0.2) is 0 Å². The van der Waals surface area contributed by atoms with Gasteiger partial charge in [-0.3, -0.25) is 0 Å². The summed E-state index contributed by atoms with van der Waals surface area (Å²) in [6.07, 6.45) is 0. The molecule has 0 saturated heterocycles. The molecule has 0 amide bonds. The van der Waals surface area contributed by atoms with Gasteiger partial charge in [0.2, 0.25) is 0 Å². The lowest BCUT2D eigenvalue weighted by Crippen LogP contribution is -2.01. The van der Waals surface area contributed by atoms with E-state index in [0.717, 1.165) is 0 Å². The third-order valence-electron chi connectivity index (χ3n) is 1.13. The van der Waals surface area contributed by atoms with Gasteiger partial charge in [-0.05, 0) is 41.1 Å². The fraction of sp³-hybridized carbons (Fsp3) is 0.250. The van der Waals surface area contributed by atoms with Gasteiger partial charge in [-0.1, -0.05) is 23.2 Å². The minimum Gasteiger partial charge on any atom is -0.479 e. The maximum Gasteiger partial charge on any atom is 0.150 e. The van der Waals surface area contributed by atoms with Gasteiger partial charge < -0.3 is 4.74 Å². The maximum absolute atomic E-state index is 5.75. The standard InChI is InChI=1S/C8H7BrCl2O/c1-5(9)12-8-3-6(10)2-7(11)4-8/h2-5H,1H3. The Hall–Kier alpha value is 0.0800. The van der Waals surface area contributed by atoms with Gasteiger partial charge >= 0.3 is 0 Å². The van der Waals surface area contributed by atoms with E-state index >= 15 is 0 Å². The molecule has 0 aliphatic heterocycles. The first-order chi connectivity index (χ1) is 5.58. The van der Waals surface area contributed by atoms with E-state index in [1.54, 1.807) is 18.2 Å². The molecule has 0 aliphatic carbocycles. The second-order valence-electron chi connectivity index (χ2n) is 2.27. The molecule has 4 heteroatoms. The minimum atomic E-state index is -0.0490. The number of rotatable bonds is 2. The highest BCUT2D eigenvalue weighted by atomic mass is 79.9. The van der Waals surface area contributed by atoms with Gasteiger partial charge in [0.25, 0.3) is 0 Å². The van der Waals surface area contributed by atoms with Crippen LogP contribution in [0.3, 0.4) is 0 Å². The summed E-state index contributed by atoms with van der Waals surface area (Å²) >= 11 is 14.8. The van der Waals surface area contributed by atoms with Crippen LogP contribution in [0, 0.1) is 0 Å². The second kappa shape index (κ2) is 4.35. The van der Waals surface area contributed by atoms with E-state index in [1.807, 2.05) is 6.92 Å². The van der Waals surface area contributed by atoms with Gasteiger partial charge in [0.15, 0.2) is 5.01 Å². The predicted octanol–water partition coefficient (Wildman–Crippen LogP) is 4.11. The van der Waals surface area contributed by atoms with Crippen molar-refractivity contribution in [2.45, 2.75) is 11.9 Å². The Morgan fingerprint density at radius 1 is 1.25 bits per heavy atom. The highest BCUT2D eigenvalue weighted by molar-refractivity contribution is 9.09. The largest absolute Gasteiger partial charge is 0.479 e. The maximum atomic E-state index is 5.75. The number of halogens is 3. The van der Waals surface area contributed by atoms with Crippen molar-refractivity contribution < 1.29 is 4.74 Å². The molecule has 0 aliphatic rings.